The van der Waals surface area contributed by atoms with Gasteiger partial charge in [0.2, 0.25) is 0 Å². The number of rotatable bonds is 11. The second kappa shape index (κ2) is 11.3. The van der Waals surface area contributed by atoms with Gasteiger partial charge in [-0.2, -0.15) is 0 Å². The predicted octanol–water partition coefficient (Wildman–Crippen LogP) is 3.80. The molecule has 0 spiro atoms. The topological polar surface area (TPSA) is 79.3 Å². The summed E-state index contributed by atoms with van der Waals surface area (Å²) in [6.45, 7) is 8.89. The molecule has 1 heterocycles. The van der Waals surface area contributed by atoms with Crippen LogP contribution in [0.4, 0.5) is 0 Å². The van der Waals surface area contributed by atoms with E-state index in [9.17, 15) is 14.7 Å². The first kappa shape index (κ1) is 24.8. The van der Waals surface area contributed by atoms with E-state index in [1.54, 1.807) is 60.7 Å². The fourth-order valence-corrected chi connectivity index (χ4v) is 3.69. The quantitative estimate of drug-likeness (QED) is 0.237. The smallest absolute Gasteiger partial charge is 0.295 e. The van der Waals surface area contributed by atoms with Crippen molar-refractivity contribution in [3.63, 3.8) is 0 Å². The minimum Gasteiger partial charge on any atom is -0.507 e. The molecular formula is C27H30N2O5. The third-order valence-electron chi connectivity index (χ3n) is 5.39. The van der Waals surface area contributed by atoms with E-state index in [-0.39, 0.29) is 11.3 Å². The molecule has 1 aliphatic rings. The number of amides is 1. The van der Waals surface area contributed by atoms with Gasteiger partial charge < -0.3 is 24.4 Å². The zero-order valence-electron chi connectivity index (χ0n) is 19.6. The molecule has 7 nitrogen and oxygen atoms in total. The highest BCUT2D eigenvalue weighted by Crippen LogP contribution is 2.39. The lowest BCUT2D eigenvalue weighted by molar-refractivity contribution is -0.140. The van der Waals surface area contributed by atoms with Crippen LogP contribution < -0.4 is 9.47 Å². The first-order chi connectivity index (χ1) is 16.4. The van der Waals surface area contributed by atoms with E-state index in [0.29, 0.717) is 48.9 Å². The van der Waals surface area contributed by atoms with Crippen molar-refractivity contribution in [2.24, 2.45) is 0 Å². The van der Waals surface area contributed by atoms with Crippen LogP contribution in [0.5, 0.6) is 11.5 Å². The zero-order valence-corrected chi connectivity index (χ0v) is 19.6. The molecule has 2 aromatic rings. The number of likely N-dealkylation sites (tertiary alicyclic amines) is 1. The van der Waals surface area contributed by atoms with E-state index in [1.807, 2.05) is 19.0 Å². The summed E-state index contributed by atoms with van der Waals surface area (Å²) < 4.78 is 11.0. The molecule has 0 saturated carbocycles. The van der Waals surface area contributed by atoms with Gasteiger partial charge in [0.15, 0.2) is 0 Å². The number of hydrogen-bond acceptors (Lipinski definition) is 6. The number of ether oxygens (including phenoxy) is 2. The van der Waals surface area contributed by atoms with Gasteiger partial charge in [-0.05, 0) is 56.1 Å². The maximum atomic E-state index is 13.1. The van der Waals surface area contributed by atoms with Gasteiger partial charge in [0.1, 0.15) is 30.5 Å². The van der Waals surface area contributed by atoms with Gasteiger partial charge in [-0.15, -0.1) is 0 Å². The molecule has 1 atom stereocenters. The Morgan fingerprint density at radius 3 is 2.00 bits per heavy atom. The molecule has 0 bridgehead atoms. The number of Topliss-reactive ketones (excluding diaryl/α,β-unsaturated/α-hetero) is 1. The summed E-state index contributed by atoms with van der Waals surface area (Å²) in [5.74, 6) is -0.317. The molecule has 2 aromatic carbocycles. The molecule has 1 fully saturated rings. The van der Waals surface area contributed by atoms with E-state index in [1.165, 1.54) is 4.90 Å². The number of aliphatic hydroxyl groups is 1. The van der Waals surface area contributed by atoms with Gasteiger partial charge >= 0.3 is 0 Å². The molecule has 1 saturated heterocycles. The van der Waals surface area contributed by atoms with Gasteiger partial charge in [0, 0.05) is 18.7 Å². The maximum Gasteiger partial charge on any atom is 0.295 e. The van der Waals surface area contributed by atoms with Crippen LogP contribution in [0, 0.1) is 0 Å². The van der Waals surface area contributed by atoms with Gasteiger partial charge in [0.05, 0.1) is 11.6 Å². The van der Waals surface area contributed by atoms with Crippen molar-refractivity contribution in [3.05, 3.63) is 90.5 Å². The number of nitrogens with zero attached hydrogens (tertiary/aromatic N) is 2. The molecule has 0 unspecified atom stereocenters. The predicted molar refractivity (Wildman–Crippen MR) is 132 cm³/mol. The normalized spacial score (nSPS) is 17.1. The maximum absolute atomic E-state index is 13.1. The summed E-state index contributed by atoms with van der Waals surface area (Å²) in [5.41, 5.74) is 1.19. The summed E-state index contributed by atoms with van der Waals surface area (Å²) in [6.07, 6.45) is 3.29. The van der Waals surface area contributed by atoms with Crippen LogP contribution in [-0.4, -0.2) is 67.0 Å². The number of likely N-dealkylation sites (N-methyl/N-ethyl adjacent to an activating group) is 1. The summed E-state index contributed by atoms with van der Waals surface area (Å²) in [5, 5.41) is 11.1. The average molecular weight is 463 g/mol. The largest absolute Gasteiger partial charge is 0.507 e. The van der Waals surface area contributed by atoms with Crippen LogP contribution in [0.15, 0.2) is 79.4 Å². The number of ketones is 1. The van der Waals surface area contributed by atoms with Crippen LogP contribution in [0.1, 0.15) is 17.2 Å². The second-order valence-electron chi connectivity index (χ2n) is 8.09. The molecule has 0 aliphatic carbocycles. The molecule has 1 aliphatic heterocycles. The van der Waals surface area contributed by atoms with E-state index in [2.05, 4.69) is 13.2 Å². The van der Waals surface area contributed by atoms with Crippen molar-refractivity contribution in [2.75, 3.05) is 40.4 Å². The number of carbonyl (C=O) groups is 2. The molecule has 178 valence electrons. The third-order valence-corrected chi connectivity index (χ3v) is 5.39. The Bertz CT molecular complexity index is 1070. The van der Waals surface area contributed by atoms with Crippen molar-refractivity contribution < 1.29 is 24.2 Å². The second-order valence-corrected chi connectivity index (χ2v) is 8.09. The van der Waals surface area contributed by atoms with Crippen molar-refractivity contribution in [3.8, 4) is 11.5 Å². The first-order valence-electron chi connectivity index (χ1n) is 11.0. The summed E-state index contributed by atoms with van der Waals surface area (Å²) in [7, 11) is 3.79. The van der Waals surface area contributed by atoms with E-state index in [0.717, 1.165) is 0 Å². The molecule has 7 heteroatoms. The Balaban J connectivity index is 2.03. The lowest BCUT2D eigenvalue weighted by Gasteiger charge is -2.26. The lowest BCUT2D eigenvalue weighted by atomic mass is 9.95. The van der Waals surface area contributed by atoms with Crippen LogP contribution in [0.3, 0.4) is 0 Å². The molecule has 1 N–H and O–H groups in total. The van der Waals surface area contributed by atoms with Crippen LogP contribution >= 0.6 is 0 Å². The monoisotopic (exact) mass is 462 g/mol. The SMILES string of the molecule is C=CCOc1ccc(C(O)=C2C(=O)C(=O)N(CCN(C)C)[C@@H]2c2ccc(OCC=C)cc2)cc1. The minimum absolute atomic E-state index is 0.0586. The molecule has 3 rings (SSSR count). The molecule has 0 aromatic heterocycles. The first-order valence-corrected chi connectivity index (χ1v) is 11.0. The van der Waals surface area contributed by atoms with Gasteiger partial charge in [-0.25, -0.2) is 0 Å². The Morgan fingerprint density at radius 2 is 1.50 bits per heavy atom. The highest BCUT2D eigenvalue weighted by atomic mass is 16.5. The molecule has 1 amide bonds. The van der Waals surface area contributed by atoms with Crippen molar-refractivity contribution >= 4 is 17.4 Å². The highest BCUT2D eigenvalue weighted by Gasteiger charge is 2.45. The number of hydrogen-bond donors (Lipinski definition) is 1. The number of aliphatic hydroxyl groups excluding tert-OH is 1. The summed E-state index contributed by atoms with van der Waals surface area (Å²) >= 11 is 0. The molecule has 0 radical (unpaired) electrons. The van der Waals surface area contributed by atoms with Gasteiger partial charge in [-0.1, -0.05) is 37.4 Å². The van der Waals surface area contributed by atoms with Crippen molar-refractivity contribution in [1.29, 1.82) is 0 Å². The van der Waals surface area contributed by atoms with E-state index < -0.39 is 17.7 Å². The Hall–Kier alpha value is -3.84. The van der Waals surface area contributed by atoms with Crippen molar-refractivity contribution in [2.45, 2.75) is 6.04 Å². The lowest BCUT2D eigenvalue weighted by Crippen LogP contribution is -2.35. The zero-order chi connectivity index (χ0) is 24.7. The average Bonchev–Trinajstić information content (AvgIpc) is 3.10. The number of carbonyl (C=O) groups excluding carboxylic acids is 2. The van der Waals surface area contributed by atoms with E-state index >= 15 is 0 Å². The summed E-state index contributed by atoms with van der Waals surface area (Å²) in [4.78, 5) is 29.5. The minimum atomic E-state index is -0.718. The van der Waals surface area contributed by atoms with E-state index in [4.69, 9.17) is 9.47 Å². The number of benzene rings is 2. The fraction of sp³-hybridized carbons (Fsp3) is 0.259. The van der Waals surface area contributed by atoms with Gasteiger partial charge in [0.25, 0.3) is 11.7 Å². The van der Waals surface area contributed by atoms with Crippen LogP contribution in [0.25, 0.3) is 5.76 Å². The van der Waals surface area contributed by atoms with Gasteiger partial charge in [-0.3, -0.25) is 9.59 Å². The standard InChI is InChI=1S/C27H30N2O5/c1-5-17-33-21-11-7-19(8-12-21)24-23(26(31)27(32)29(24)16-15-28(3)4)25(30)20-9-13-22(14-10-20)34-18-6-2/h5-14,24,30H,1-2,15-18H2,3-4H3/t24-/m1/s1. The molecule has 34 heavy (non-hydrogen) atoms. The van der Waals surface area contributed by atoms with Crippen molar-refractivity contribution in [1.82, 2.24) is 9.80 Å². The molecular weight excluding hydrogens is 432 g/mol. The Kier molecular flexibility index (Phi) is 8.27. The van der Waals surface area contributed by atoms with Crippen LogP contribution in [-0.2, 0) is 9.59 Å². The summed E-state index contributed by atoms with van der Waals surface area (Å²) in [6, 6.07) is 13.1. The Morgan fingerprint density at radius 1 is 0.971 bits per heavy atom. The Labute approximate surface area is 200 Å². The highest BCUT2D eigenvalue weighted by molar-refractivity contribution is 6.46. The third kappa shape index (κ3) is 5.55. The van der Waals surface area contributed by atoms with Crippen LogP contribution in [0.2, 0.25) is 0 Å². The fourth-order valence-electron chi connectivity index (χ4n) is 3.69.